The van der Waals surface area contributed by atoms with Crippen molar-refractivity contribution in [3.05, 3.63) is 35.4 Å². The molecule has 1 atom stereocenters. The molecule has 0 aliphatic rings. The second-order valence-electron chi connectivity index (χ2n) is 4.87. The van der Waals surface area contributed by atoms with Crippen LogP contribution in [0.2, 0.25) is 0 Å². The van der Waals surface area contributed by atoms with Crippen molar-refractivity contribution < 1.29 is 0 Å². The average molecular weight is 219 g/mol. The van der Waals surface area contributed by atoms with Gasteiger partial charge in [-0.2, -0.15) is 0 Å². The third-order valence-corrected chi connectivity index (χ3v) is 3.26. The van der Waals surface area contributed by atoms with Gasteiger partial charge in [0.25, 0.3) is 0 Å². The summed E-state index contributed by atoms with van der Waals surface area (Å²) in [5.74, 6) is 0.712. The zero-order valence-electron chi connectivity index (χ0n) is 11.1. The lowest BCUT2D eigenvalue weighted by Gasteiger charge is -2.22. The molecule has 1 nitrogen and oxygen atoms in total. The van der Waals surface area contributed by atoms with Crippen LogP contribution in [0, 0.1) is 12.8 Å². The van der Waals surface area contributed by atoms with Crippen LogP contribution in [0.5, 0.6) is 0 Å². The normalized spacial score (nSPS) is 13.1. The second kappa shape index (κ2) is 6.70. The first kappa shape index (κ1) is 13.2. The monoisotopic (exact) mass is 219 g/mol. The van der Waals surface area contributed by atoms with E-state index in [1.54, 1.807) is 0 Å². The third kappa shape index (κ3) is 3.97. The lowest BCUT2D eigenvalue weighted by atomic mass is 9.95. The smallest absolute Gasteiger partial charge is 0.00931 e. The summed E-state index contributed by atoms with van der Waals surface area (Å²) in [5.41, 5.74) is 2.91. The minimum absolute atomic E-state index is 0.643. The van der Waals surface area contributed by atoms with Crippen LogP contribution in [0.3, 0.4) is 0 Å². The van der Waals surface area contributed by atoms with Gasteiger partial charge in [-0.25, -0.2) is 0 Å². The Morgan fingerprint density at radius 1 is 1.19 bits per heavy atom. The molecule has 1 aromatic carbocycles. The van der Waals surface area contributed by atoms with Crippen LogP contribution < -0.4 is 5.32 Å². The molecule has 1 N–H and O–H groups in total. The summed E-state index contributed by atoms with van der Waals surface area (Å²) in [6.07, 6.45) is 2.42. The van der Waals surface area contributed by atoms with Gasteiger partial charge >= 0.3 is 0 Å². The molecule has 0 fully saturated rings. The molecule has 0 aromatic heterocycles. The Hall–Kier alpha value is -0.820. The molecule has 0 aliphatic heterocycles. The zero-order valence-corrected chi connectivity index (χ0v) is 11.1. The van der Waals surface area contributed by atoms with Crippen LogP contribution in [0.15, 0.2) is 24.3 Å². The molecule has 1 rings (SSSR count). The minimum atomic E-state index is 0.643. The maximum Gasteiger partial charge on any atom is 0.00931 e. The third-order valence-electron chi connectivity index (χ3n) is 3.26. The quantitative estimate of drug-likeness (QED) is 0.771. The summed E-state index contributed by atoms with van der Waals surface area (Å²) in [7, 11) is 0. The molecule has 0 saturated heterocycles. The van der Waals surface area contributed by atoms with Crippen molar-refractivity contribution in [1.82, 2.24) is 5.32 Å². The zero-order chi connectivity index (χ0) is 12.0. The van der Waals surface area contributed by atoms with E-state index in [1.165, 1.54) is 24.0 Å². The van der Waals surface area contributed by atoms with Crippen LogP contribution in [0.4, 0.5) is 0 Å². The predicted octanol–water partition coefficient (Wildman–Crippen LogP) is 3.56. The molecule has 0 saturated carbocycles. The fourth-order valence-corrected chi connectivity index (χ4v) is 2.13. The van der Waals surface area contributed by atoms with Gasteiger partial charge in [0, 0.05) is 6.04 Å². The van der Waals surface area contributed by atoms with E-state index in [4.69, 9.17) is 0 Å². The van der Waals surface area contributed by atoms with Crippen LogP contribution >= 0.6 is 0 Å². The van der Waals surface area contributed by atoms with Gasteiger partial charge in [0.2, 0.25) is 0 Å². The van der Waals surface area contributed by atoms with Crippen LogP contribution in [-0.2, 0) is 6.42 Å². The molecule has 16 heavy (non-hydrogen) atoms. The Morgan fingerprint density at radius 3 is 2.44 bits per heavy atom. The standard InChI is InChI=1S/C15H25N/c1-5-16-15(12(2)3)11-10-14-9-7-6-8-13(14)4/h6-9,12,15-16H,5,10-11H2,1-4H3. The van der Waals surface area contributed by atoms with E-state index < -0.39 is 0 Å². The van der Waals surface area contributed by atoms with Crippen molar-refractivity contribution in [3.8, 4) is 0 Å². The Bertz CT molecular complexity index is 304. The van der Waals surface area contributed by atoms with Crippen molar-refractivity contribution in [2.75, 3.05) is 6.54 Å². The number of nitrogens with one attached hydrogen (secondary N) is 1. The van der Waals surface area contributed by atoms with Gasteiger partial charge in [-0.05, 0) is 43.4 Å². The summed E-state index contributed by atoms with van der Waals surface area (Å²) in [6, 6.07) is 9.35. The lowest BCUT2D eigenvalue weighted by Crippen LogP contribution is -2.34. The Balaban J connectivity index is 2.52. The Labute approximate surface area is 100 Å². The van der Waals surface area contributed by atoms with E-state index in [2.05, 4.69) is 57.3 Å². The van der Waals surface area contributed by atoms with Crippen molar-refractivity contribution >= 4 is 0 Å². The average Bonchev–Trinajstić information content (AvgIpc) is 2.26. The minimum Gasteiger partial charge on any atom is -0.314 e. The molecular weight excluding hydrogens is 194 g/mol. The van der Waals surface area contributed by atoms with Crippen LogP contribution in [0.25, 0.3) is 0 Å². The SMILES string of the molecule is CCNC(CCc1ccccc1C)C(C)C. The molecule has 0 aliphatic carbocycles. The van der Waals surface area contributed by atoms with Crippen molar-refractivity contribution in [2.24, 2.45) is 5.92 Å². The molecule has 1 heteroatoms. The maximum atomic E-state index is 3.57. The number of aryl methyl sites for hydroxylation is 2. The maximum absolute atomic E-state index is 3.57. The van der Waals surface area contributed by atoms with Crippen molar-refractivity contribution in [1.29, 1.82) is 0 Å². The second-order valence-corrected chi connectivity index (χ2v) is 4.87. The van der Waals surface area contributed by atoms with Gasteiger partial charge in [0.05, 0.1) is 0 Å². The summed E-state index contributed by atoms with van der Waals surface area (Å²) >= 11 is 0. The van der Waals surface area contributed by atoms with Crippen LogP contribution in [-0.4, -0.2) is 12.6 Å². The summed E-state index contributed by atoms with van der Waals surface area (Å²) in [6.45, 7) is 10.0. The molecule has 0 spiro atoms. The molecule has 0 amide bonds. The van der Waals surface area contributed by atoms with E-state index >= 15 is 0 Å². The van der Waals surface area contributed by atoms with Gasteiger partial charge in [-0.3, -0.25) is 0 Å². The molecule has 0 heterocycles. The summed E-state index contributed by atoms with van der Waals surface area (Å²) < 4.78 is 0. The van der Waals surface area contributed by atoms with E-state index in [9.17, 15) is 0 Å². The molecular formula is C15H25N. The molecule has 0 radical (unpaired) electrons. The first-order chi connectivity index (χ1) is 7.65. The highest BCUT2D eigenvalue weighted by Gasteiger charge is 2.11. The molecule has 0 bridgehead atoms. The largest absolute Gasteiger partial charge is 0.314 e. The van der Waals surface area contributed by atoms with Gasteiger partial charge < -0.3 is 5.32 Å². The first-order valence-corrected chi connectivity index (χ1v) is 6.43. The van der Waals surface area contributed by atoms with Gasteiger partial charge in [0.15, 0.2) is 0 Å². The summed E-state index contributed by atoms with van der Waals surface area (Å²) in [4.78, 5) is 0. The molecule has 1 aromatic rings. The van der Waals surface area contributed by atoms with Gasteiger partial charge in [0.1, 0.15) is 0 Å². The Kier molecular flexibility index (Phi) is 5.54. The van der Waals surface area contributed by atoms with E-state index in [0.717, 1.165) is 6.54 Å². The Morgan fingerprint density at radius 2 is 1.88 bits per heavy atom. The van der Waals surface area contributed by atoms with Crippen molar-refractivity contribution in [2.45, 2.75) is 46.6 Å². The number of hydrogen-bond acceptors (Lipinski definition) is 1. The fraction of sp³-hybridized carbons (Fsp3) is 0.600. The highest BCUT2D eigenvalue weighted by Crippen LogP contribution is 2.14. The highest BCUT2D eigenvalue weighted by atomic mass is 14.9. The van der Waals surface area contributed by atoms with Crippen LogP contribution in [0.1, 0.15) is 38.3 Å². The lowest BCUT2D eigenvalue weighted by molar-refractivity contribution is 0.385. The van der Waals surface area contributed by atoms with Gasteiger partial charge in [-0.15, -0.1) is 0 Å². The molecule has 90 valence electrons. The van der Waals surface area contributed by atoms with E-state index in [-0.39, 0.29) is 0 Å². The number of rotatable bonds is 6. The topological polar surface area (TPSA) is 12.0 Å². The van der Waals surface area contributed by atoms with E-state index in [1.807, 2.05) is 0 Å². The fourth-order valence-electron chi connectivity index (χ4n) is 2.13. The molecule has 1 unspecified atom stereocenters. The summed E-state index contributed by atoms with van der Waals surface area (Å²) in [5, 5.41) is 3.57. The van der Waals surface area contributed by atoms with E-state index in [0.29, 0.717) is 12.0 Å². The number of benzene rings is 1. The number of hydrogen-bond donors (Lipinski definition) is 1. The van der Waals surface area contributed by atoms with Gasteiger partial charge in [-0.1, -0.05) is 45.0 Å². The van der Waals surface area contributed by atoms with Crippen molar-refractivity contribution in [3.63, 3.8) is 0 Å². The highest BCUT2D eigenvalue weighted by molar-refractivity contribution is 5.25. The first-order valence-electron chi connectivity index (χ1n) is 6.43. The predicted molar refractivity (Wildman–Crippen MR) is 71.8 cm³/mol.